The highest BCUT2D eigenvalue weighted by molar-refractivity contribution is 8.26. The molecule has 2 heterocycles. The summed E-state index contributed by atoms with van der Waals surface area (Å²) in [7, 11) is 1.52. The highest BCUT2D eigenvalue weighted by atomic mass is 32.2. The molecule has 1 aromatic carbocycles. The summed E-state index contributed by atoms with van der Waals surface area (Å²) in [5.41, 5.74) is 1.29. The van der Waals surface area contributed by atoms with Gasteiger partial charge in [0.15, 0.2) is 6.61 Å². The van der Waals surface area contributed by atoms with E-state index < -0.39 is 12.6 Å². The number of ether oxygens (including phenoxy) is 2. The summed E-state index contributed by atoms with van der Waals surface area (Å²) in [6.45, 7) is -0.455. The number of methoxy groups -OCH3 is 1. The summed E-state index contributed by atoms with van der Waals surface area (Å²) in [5.74, 6) is 4.01. The molecule has 5 aliphatic carbocycles. The Hall–Kier alpha value is -2.78. The Labute approximate surface area is 198 Å². The molecule has 6 aliphatic rings. The number of aliphatic carboxylic acids is 1. The predicted octanol–water partition coefficient (Wildman–Crippen LogP) is 3.88. The average Bonchev–Trinajstić information content (AvgIpc) is 3.72. The van der Waals surface area contributed by atoms with Gasteiger partial charge in [-0.3, -0.25) is 9.69 Å². The second-order valence-corrected chi connectivity index (χ2v) is 11.1. The van der Waals surface area contributed by atoms with Crippen molar-refractivity contribution in [3.63, 3.8) is 0 Å². The molecule has 1 aromatic heterocycles. The molecule has 1 aliphatic heterocycles. The zero-order valence-electron chi connectivity index (χ0n) is 17.5. The number of amides is 1. The molecule has 6 fully saturated rings. The molecule has 168 valence electrons. The molecule has 1 N–H and O–H groups in total. The van der Waals surface area contributed by atoms with E-state index >= 15 is 0 Å². The smallest absolute Gasteiger partial charge is 0.341 e. The van der Waals surface area contributed by atoms with Crippen molar-refractivity contribution in [3.8, 4) is 22.8 Å². The summed E-state index contributed by atoms with van der Waals surface area (Å²) >= 11 is 6.94. The summed E-state index contributed by atoms with van der Waals surface area (Å²) in [6, 6.07) is 8.98. The van der Waals surface area contributed by atoms with Gasteiger partial charge in [-0.2, -0.15) is 0 Å². The third-order valence-electron chi connectivity index (χ3n) is 7.90. The maximum absolute atomic E-state index is 13.2. The minimum atomic E-state index is -1.06. The SMILES string of the molecule is COc1cc(OCC(=O)O)cc(-c2ccc(C=C3SC(=S)N(C4C5C6C5C65CC45)C3=O)o2)c1. The second kappa shape index (κ2) is 6.42. The van der Waals surface area contributed by atoms with Gasteiger partial charge in [-0.1, -0.05) is 24.0 Å². The van der Waals surface area contributed by atoms with E-state index in [2.05, 4.69) is 0 Å². The van der Waals surface area contributed by atoms with E-state index in [1.54, 1.807) is 36.4 Å². The van der Waals surface area contributed by atoms with Crippen LogP contribution in [0.3, 0.4) is 0 Å². The fourth-order valence-corrected chi connectivity index (χ4v) is 7.86. The van der Waals surface area contributed by atoms with Gasteiger partial charge in [-0.15, -0.1) is 0 Å². The van der Waals surface area contributed by atoms with Gasteiger partial charge in [0, 0.05) is 23.7 Å². The summed E-state index contributed by atoms with van der Waals surface area (Å²) in [4.78, 5) is 26.5. The monoisotopic (exact) mass is 481 g/mol. The van der Waals surface area contributed by atoms with E-state index in [0.29, 0.717) is 61.1 Å². The van der Waals surface area contributed by atoms with E-state index in [4.69, 9.17) is 31.2 Å². The van der Waals surface area contributed by atoms with Crippen LogP contribution in [0.1, 0.15) is 12.2 Å². The van der Waals surface area contributed by atoms with Crippen LogP contribution in [-0.4, -0.2) is 46.0 Å². The van der Waals surface area contributed by atoms with Crippen LogP contribution in [0.4, 0.5) is 0 Å². The van der Waals surface area contributed by atoms with Crippen LogP contribution >= 0.6 is 24.0 Å². The molecule has 1 spiro atoms. The lowest BCUT2D eigenvalue weighted by molar-refractivity contribution is -0.139. The standard InChI is InChI=1S/C24H19NO6S2/c1-29-12-4-10(5-13(6-12)30-9-17(26)27)15-3-2-11(31-15)7-16-22(28)25(23(32)33-16)21-14-8-24(14)19-18(21)20(19)24/h2-7,14,18-21H,8-9H2,1H3,(H,26,27). The minimum absolute atomic E-state index is 0.00677. The van der Waals surface area contributed by atoms with Gasteiger partial charge in [-0.25, -0.2) is 4.79 Å². The van der Waals surface area contributed by atoms with Crippen LogP contribution in [0, 0.1) is 29.1 Å². The Morgan fingerprint density at radius 2 is 2.12 bits per heavy atom. The Morgan fingerprint density at radius 1 is 1.33 bits per heavy atom. The summed E-state index contributed by atoms with van der Waals surface area (Å²) in [6.07, 6.45) is 3.03. The number of carbonyl (C=O) groups is 2. The Balaban J connectivity index is 1.13. The zero-order chi connectivity index (χ0) is 22.6. The molecule has 2 aromatic rings. The molecule has 9 heteroatoms. The highest BCUT2D eigenvalue weighted by Crippen LogP contribution is 3.02. The zero-order valence-corrected chi connectivity index (χ0v) is 19.2. The molecule has 7 nitrogen and oxygen atoms in total. The van der Waals surface area contributed by atoms with Crippen molar-refractivity contribution >= 4 is 46.3 Å². The summed E-state index contributed by atoms with van der Waals surface area (Å²) in [5, 5.41) is 8.87. The van der Waals surface area contributed by atoms with Gasteiger partial charge in [0.1, 0.15) is 27.3 Å². The molecular formula is C24H19NO6S2. The normalized spacial score (nSPS) is 35.5. The third kappa shape index (κ3) is 2.66. The number of nitrogens with zero attached hydrogens (tertiary/aromatic N) is 1. The predicted molar refractivity (Wildman–Crippen MR) is 124 cm³/mol. The largest absolute Gasteiger partial charge is 0.497 e. The van der Waals surface area contributed by atoms with Gasteiger partial charge >= 0.3 is 5.97 Å². The first kappa shape index (κ1) is 19.7. The van der Waals surface area contributed by atoms with E-state index in [1.807, 2.05) is 4.90 Å². The minimum Gasteiger partial charge on any atom is -0.497 e. The number of thioether (sulfide) groups is 1. The van der Waals surface area contributed by atoms with Crippen molar-refractivity contribution in [2.24, 2.45) is 29.1 Å². The van der Waals surface area contributed by atoms with Gasteiger partial charge < -0.3 is 19.0 Å². The third-order valence-corrected chi connectivity index (χ3v) is 9.23. The van der Waals surface area contributed by atoms with Gasteiger partial charge in [0.25, 0.3) is 5.91 Å². The maximum Gasteiger partial charge on any atom is 0.341 e. The van der Waals surface area contributed by atoms with E-state index in [1.165, 1.54) is 25.3 Å². The summed E-state index contributed by atoms with van der Waals surface area (Å²) < 4.78 is 17.2. The Kier molecular flexibility index (Phi) is 3.82. The number of carbonyl (C=O) groups excluding carboxylic acids is 1. The topological polar surface area (TPSA) is 89.2 Å². The Morgan fingerprint density at radius 3 is 2.79 bits per heavy atom. The van der Waals surface area contributed by atoms with Gasteiger partial charge in [0.05, 0.1) is 12.0 Å². The molecule has 8 rings (SSSR count). The molecule has 1 amide bonds. The molecule has 4 unspecified atom stereocenters. The first-order valence-corrected chi connectivity index (χ1v) is 12.1. The van der Waals surface area contributed by atoms with Crippen molar-refractivity contribution in [3.05, 3.63) is 41.0 Å². The van der Waals surface area contributed by atoms with Crippen molar-refractivity contribution in [2.45, 2.75) is 12.5 Å². The lowest BCUT2D eigenvalue weighted by Crippen LogP contribution is -2.40. The fourth-order valence-electron chi connectivity index (χ4n) is 6.54. The van der Waals surface area contributed by atoms with Crippen LogP contribution in [0.25, 0.3) is 17.4 Å². The van der Waals surface area contributed by atoms with Crippen LogP contribution in [0.2, 0.25) is 0 Å². The number of benzene rings is 1. The van der Waals surface area contributed by atoms with E-state index in [0.717, 1.165) is 11.8 Å². The number of hydrogen-bond acceptors (Lipinski definition) is 7. The molecule has 4 atom stereocenters. The van der Waals surface area contributed by atoms with Crippen LogP contribution in [0.15, 0.2) is 39.7 Å². The lowest BCUT2D eigenvalue weighted by atomic mass is 10.0. The molecule has 1 saturated heterocycles. The fraction of sp³-hybridized carbons (Fsp3) is 0.375. The highest BCUT2D eigenvalue weighted by Gasteiger charge is 3.01. The van der Waals surface area contributed by atoms with Crippen LogP contribution < -0.4 is 9.47 Å². The molecular weight excluding hydrogens is 462 g/mol. The quantitative estimate of drug-likeness (QED) is 0.471. The van der Waals surface area contributed by atoms with Crippen LogP contribution in [-0.2, 0) is 9.59 Å². The first-order chi connectivity index (χ1) is 15.9. The average molecular weight is 482 g/mol. The van der Waals surface area contributed by atoms with E-state index in [-0.39, 0.29) is 5.91 Å². The number of hydrogen-bond donors (Lipinski definition) is 1. The number of carboxylic acids is 1. The molecule has 2 bridgehead atoms. The van der Waals surface area contributed by atoms with Crippen molar-refractivity contribution in [1.82, 2.24) is 4.90 Å². The Bertz CT molecular complexity index is 1290. The van der Waals surface area contributed by atoms with Crippen LogP contribution in [0.5, 0.6) is 11.5 Å². The van der Waals surface area contributed by atoms with Crippen molar-refractivity contribution < 1.29 is 28.6 Å². The van der Waals surface area contributed by atoms with E-state index in [9.17, 15) is 9.59 Å². The number of rotatable bonds is 7. The number of carboxylic acid groups (broad SMARTS) is 1. The number of thiocarbonyl (C=S) groups is 1. The molecule has 5 saturated carbocycles. The maximum atomic E-state index is 13.2. The molecule has 33 heavy (non-hydrogen) atoms. The lowest BCUT2D eigenvalue weighted by Gasteiger charge is -2.25. The van der Waals surface area contributed by atoms with Gasteiger partial charge in [0.2, 0.25) is 0 Å². The number of furan rings is 1. The first-order valence-electron chi connectivity index (χ1n) is 10.8. The van der Waals surface area contributed by atoms with Crippen molar-refractivity contribution in [1.29, 1.82) is 0 Å². The molecule has 0 radical (unpaired) electrons. The van der Waals surface area contributed by atoms with Crippen molar-refractivity contribution in [2.75, 3.05) is 13.7 Å². The van der Waals surface area contributed by atoms with Gasteiger partial charge in [-0.05, 0) is 59.8 Å². The second-order valence-electron chi connectivity index (χ2n) is 9.38.